The zero-order valence-electron chi connectivity index (χ0n) is 9.86. The molecule has 0 saturated heterocycles. The zero-order valence-corrected chi connectivity index (χ0v) is 11.4. The number of fused-ring (bicyclic) bond motifs is 1. The van der Waals surface area contributed by atoms with E-state index in [4.69, 9.17) is 0 Å². The maximum atomic E-state index is 13.2. The minimum absolute atomic E-state index is 0.0781. The summed E-state index contributed by atoms with van der Waals surface area (Å²) in [6.07, 6.45) is 0. The van der Waals surface area contributed by atoms with Crippen molar-refractivity contribution in [2.24, 2.45) is 0 Å². The van der Waals surface area contributed by atoms with Crippen LogP contribution < -0.4 is 0 Å². The molecule has 0 fully saturated rings. The standard InChI is InChI=1S/C14H6BrF2NO2/c15-11-3-1-2-10-13(11)18(20)12(14(10)19)7-4-8(16)6-9(17)5-7/h1-6H. The molecule has 0 aromatic heterocycles. The second kappa shape index (κ2) is 4.49. The van der Waals surface area contributed by atoms with E-state index in [0.29, 0.717) is 15.3 Å². The number of halogens is 3. The average Bonchev–Trinajstić information content (AvgIpc) is 2.61. The number of Topliss-reactive ketones (excluding diaryl/α,β-unsaturated/α-hetero) is 1. The minimum Gasteiger partial charge on any atom is -0.618 e. The van der Waals surface area contributed by atoms with Gasteiger partial charge < -0.3 is 5.21 Å². The molecule has 1 heterocycles. The Morgan fingerprint density at radius 2 is 1.75 bits per heavy atom. The number of hydrogen-bond acceptors (Lipinski definition) is 2. The monoisotopic (exact) mass is 337 g/mol. The Kier molecular flexibility index (Phi) is 2.90. The van der Waals surface area contributed by atoms with Gasteiger partial charge in [0, 0.05) is 6.07 Å². The summed E-state index contributed by atoms with van der Waals surface area (Å²) < 4.78 is 27.3. The Labute approximate surface area is 120 Å². The lowest BCUT2D eigenvalue weighted by Crippen LogP contribution is -2.17. The molecule has 0 aliphatic carbocycles. The molecular formula is C14H6BrF2NO2. The molecule has 3 nitrogen and oxygen atoms in total. The van der Waals surface area contributed by atoms with Gasteiger partial charge in [0.1, 0.15) is 17.2 Å². The van der Waals surface area contributed by atoms with Crippen LogP contribution in [0.1, 0.15) is 15.9 Å². The van der Waals surface area contributed by atoms with Crippen LogP contribution in [0, 0.1) is 16.8 Å². The van der Waals surface area contributed by atoms with Gasteiger partial charge in [0.15, 0.2) is 0 Å². The van der Waals surface area contributed by atoms with Crippen molar-refractivity contribution in [1.29, 1.82) is 0 Å². The molecule has 2 aromatic rings. The van der Waals surface area contributed by atoms with E-state index in [1.165, 1.54) is 6.07 Å². The molecule has 6 heteroatoms. The fourth-order valence-electron chi connectivity index (χ4n) is 2.18. The van der Waals surface area contributed by atoms with Gasteiger partial charge in [-0.05, 0) is 40.2 Å². The van der Waals surface area contributed by atoms with E-state index < -0.39 is 17.4 Å². The first-order valence-electron chi connectivity index (χ1n) is 5.63. The second-order valence-electron chi connectivity index (χ2n) is 4.27. The minimum atomic E-state index is -0.844. The zero-order chi connectivity index (χ0) is 14.4. The van der Waals surface area contributed by atoms with E-state index in [2.05, 4.69) is 15.9 Å². The highest BCUT2D eigenvalue weighted by Crippen LogP contribution is 2.34. The highest BCUT2D eigenvalue weighted by atomic mass is 79.9. The van der Waals surface area contributed by atoms with Crippen LogP contribution in [0.5, 0.6) is 0 Å². The summed E-state index contributed by atoms with van der Waals surface area (Å²) in [5.74, 6) is -2.24. The molecule has 3 rings (SSSR count). The van der Waals surface area contributed by atoms with Crippen molar-refractivity contribution in [2.45, 2.75) is 0 Å². The average molecular weight is 338 g/mol. The molecule has 0 radical (unpaired) electrons. The summed E-state index contributed by atoms with van der Waals surface area (Å²) in [6.45, 7) is 0. The Bertz CT molecular complexity index is 766. The maximum Gasteiger partial charge on any atom is 0.273 e. The van der Waals surface area contributed by atoms with E-state index in [9.17, 15) is 18.8 Å². The SMILES string of the molecule is O=C1C(c2cc(F)cc(F)c2)=[N+]([O-])c2c(Br)cccc21. The normalized spacial score (nSPS) is 13.8. The van der Waals surface area contributed by atoms with Crippen LogP contribution in [-0.2, 0) is 0 Å². The summed E-state index contributed by atoms with van der Waals surface area (Å²) in [6, 6.07) is 7.33. The Morgan fingerprint density at radius 1 is 1.10 bits per heavy atom. The van der Waals surface area contributed by atoms with Crippen LogP contribution >= 0.6 is 15.9 Å². The van der Waals surface area contributed by atoms with Gasteiger partial charge in [-0.25, -0.2) is 8.78 Å². The van der Waals surface area contributed by atoms with Crippen molar-refractivity contribution in [3.05, 3.63) is 68.8 Å². The van der Waals surface area contributed by atoms with Crippen molar-refractivity contribution >= 4 is 33.1 Å². The summed E-state index contributed by atoms with van der Waals surface area (Å²) in [4.78, 5) is 12.2. The summed E-state index contributed by atoms with van der Waals surface area (Å²) in [5, 5.41) is 12.2. The van der Waals surface area contributed by atoms with Gasteiger partial charge in [-0.3, -0.25) is 4.79 Å². The fourth-order valence-corrected chi connectivity index (χ4v) is 2.70. The third kappa shape index (κ3) is 1.84. The topological polar surface area (TPSA) is 43.1 Å². The molecule has 0 spiro atoms. The van der Waals surface area contributed by atoms with Crippen LogP contribution in [0.3, 0.4) is 0 Å². The van der Waals surface area contributed by atoms with Gasteiger partial charge in [0.25, 0.3) is 11.5 Å². The van der Waals surface area contributed by atoms with Crippen molar-refractivity contribution in [3.8, 4) is 0 Å². The first-order chi connectivity index (χ1) is 9.49. The van der Waals surface area contributed by atoms with Crippen LogP contribution in [0.2, 0.25) is 0 Å². The van der Waals surface area contributed by atoms with E-state index in [1.807, 2.05) is 0 Å². The third-order valence-electron chi connectivity index (χ3n) is 2.99. The number of para-hydroxylation sites is 1. The lowest BCUT2D eigenvalue weighted by molar-refractivity contribution is -0.356. The number of hydrogen-bond donors (Lipinski definition) is 0. The van der Waals surface area contributed by atoms with Gasteiger partial charge in [0.05, 0.1) is 10.0 Å². The predicted molar refractivity (Wildman–Crippen MR) is 72.2 cm³/mol. The number of carbonyl (C=O) groups excluding carboxylic acids is 1. The van der Waals surface area contributed by atoms with Crippen molar-refractivity contribution in [3.63, 3.8) is 0 Å². The lowest BCUT2D eigenvalue weighted by atomic mass is 10.0. The molecule has 1 aliphatic heterocycles. The second-order valence-corrected chi connectivity index (χ2v) is 5.12. The summed E-state index contributed by atoms with van der Waals surface area (Å²) in [7, 11) is 0. The van der Waals surface area contributed by atoms with Crippen LogP contribution in [0.15, 0.2) is 40.9 Å². The molecule has 2 aromatic carbocycles. The fraction of sp³-hybridized carbons (Fsp3) is 0. The number of nitrogens with zero attached hydrogens (tertiary/aromatic N) is 1. The van der Waals surface area contributed by atoms with E-state index in [-0.39, 0.29) is 22.5 Å². The van der Waals surface area contributed by atoms with Crippen molar-refractivity contribution in [2.75, 3.05) is 0 Å². The lowest BCUT2D eigenvalue weighted by Gasteiger charge is -2.03. The van der Waals surface area contributed by atoms with Crippen LogP contribution in [-0.4, -0.2) is 16.2 Å². The van der Waals surface area contributed by atoms with Gasteiger partial charge in [-0.15, -0.1) is 0 Å². The van der Waals surface area contributed by atoms with Gasteiger partial charge >= 0.3 is 0 Å². The molecular weight excluding hydrogens is 332 g/mol. The quantitative estimate of drug-likeness (QED) is 0.590. The predicted octanol–water partition coefficient (Wildman–Crippen LogP) is 3.55. The molecule has 20 heavy (non-hydrogen) atoms. The molecule has 0 N–H and O–H groups in total. The van der Waals surface area contributed by atoms with E-state index in [1.54, 1.807) is 12.1 Å². The van der Waals surface area contributed by atoms with E-state index >= 15 is 0 Å². The van der Waals surface area contributed by atoms with Crippen LogP contribution in [0.4, 0.5) is 14.5 Å². The molecule has 0 saturated carbocycles. The molecule has 0 bridgehead atoms. The Balaban J connectivity index is 2.26. The molecule has 0 amide bonds. The van der Waals surface area contributed by atoms with Gasteiger partial charge in [-0.1, -0.05) is 6.07 Å². The Hall–Kier alpha value is -2.08. The smallest absolute Gasteiger partial charge is 0.273 e. The number of ketones is 1. The number of benzene rings is 2. The largest absolute Gasteiger partial charge is 0.618 e. The molecule has 1 aliphatic rings. The van der Waals surface area contributed by atoms with Gasteiger partial charge in [-0.2, -0.15) is 4.74 Å². The van der Waals surface area contributed by atoms with Crippen LogP contribution in [0.25, 0.3) is 0 Å². The van der Waals surface area contributed by atoms with Crippen molar-refractivity contribution < 1.29 is 18.3 Å². The molecule has 100 valence electrons. The third-order valence-corrected chi connectivity index (χ3v) is 3.63. The number of carbonyl (C=O) groups is 1. The van der Waals surface area contributed by atoms with Crippen molar-refractivity contribution in [1.82, 2.24) is 0 Å². The molecule has 0 atom stereocenters. The maximum absolute atomic E-state index is 13.2. The summed E-state index contributed by atoms with van der Waals surface area (Å²) in [5.41, 5.74) is -0.0119. The summed E-state index contributed by atoms with van der Waals surface area (Å²) >= 11 is 3.19. The number of rotatable bonds is 1. The highest BCUT2D eigenvalue weighted by Gasteiger charge is 2.38. The van der Waals surface area contributed by atoms with Gasteiger partial charge in [0.2, 0.25) is 5.69 Å². The Morgan fingerprint density at radius 3 is 2.35 bits per heavy atom. The highest BCUT2D eigenvalue weighted by molar-refractivity contribution is 9.10. The molecule has 0 unspecified atom stereocenters. The first kappa shape index (κ1) is 12.9. The van der Waals surface area contributed by atoms with E-state index in [0.717, 1.165) is 12.1 Å². The first-order valence-corrected chi connectivity index (χ1v) is 6.42.